The van der Waals surface area contributed by atoms with E-state index in [4.69, 9.17) is 0 Å². The smallest absolute Gasteiger partial charge is 0.333 e. The molecule has 1 saturated heterocycles. The highest BCUT2D eigenvalue weighted by Crippen LogP contribution is 2.16. The standard InChI is InChI=1S/C27H45N3O4/c1-5-7-9-11-13-15-19-30(20-16-14-12-10-8-6-2)21-17-18-23(31)22-24-25(32)28(3)27(34)29(4)26(24)33/h17-18,21-22,31H,5-16,19-20H2,1-4H3/b21-17+,23-18-. The van der Waals surface area contributed by atoms with Gasteiger partial charge in [-0.15, -0.1) is 0 Å². The molecule has 1 aliphatic rings. The average Bonchev–Trinajstić information content (AvgIpc) is 2.83. The number of unbranched alkanes of at least 4 members (excludes halogenated alkanes) is 10. The number of aliphatic hydroxyl groups excluding tert-OH is 1. The summed E-state index contributed by atoms with van der Waals surface area (Å²) in [7, 11) is 2.62. The van der Waals surface area contributed by atoms with Gasteiger partial charge in [-0.2, -0.15) is 0 Å². The van der Waals surface area contributed by atoms with E-state index in [2.05, 4.69) is 18.7 Å². The van der Waals surface area contributed by atoms with Crippen molar-refractivity contribution in [2.45, 2.75) is 90.9 Å². The number of rotatable bonds is 17. The topological polar surface area (TPSA) is 81.2 Å². The van der Waals surface area contributed by atoms with Crippen LogP contribution in [0.15, 0.2) is 35.8 Å². The first kappa shape index (κ1) is 29.5. The van der Waals surface area contributed by atoms with Gasteiger partial charge in [0.05, 0.1) is 0 Å². The number of nitrogens with zero attached hydrogens (tertiary/aromatic N) is 3. The summed E-state index contributed by atoms with van der Waals surface area (Å²) >= 11 is 0. The summed E-state index contributed by atoms with van der Waals surface area (Å²) in [5.74, 6) is -1.64. The van der Waals surface area contributed by atoms with Gasteiger partial charge in [-0.25, -0.2) is 4.79 Å². The molecular weight excluding hydrogens is 430 g/mol. The Hall–Kier alpha value is -2.57. The predicted molar refractivity (Wildman–Crippen MR) is 137 cm³/mol. The Balaban J connectivity index is 2.71. The van der Waals surface area contributed by atoms with Crippen LogP contribution < -0.4 is 0 Å². The minimum atomic E-state index is -0.718. The van der Waals surface area contributed by atoms with E-state index in [-0.39, 0.29) is 11.3 Å². The Kier molecular flexibility index (Phi) is 14.7. The molecule has 34 heavy (non-hydrogen) atoms. The third kappa shape index (κ3) is 10.6. The molecule has 7 nitrogen and oxygen atoms in total. The Bertz CT molecular complexity index is 700. The number of urea groups is 1. The molecule has 0 aromatic rings. The quantitative estimate of drug-likeness (QED) is 0.0925. The SMILES string of the molecule is CCCCCCCCN(/C=C/C=C(\O)C=C1C(=O)N(C)C(=O)N(C)C1=O)CCCCCCCC. The van der Waals surface area contributed by atoms with Crippen molar-refractivity contribution in [2.24, 2.45) is 0 Å². The first-order valence-corrected chi connectivity index (χ1v) is 13.0. The summed E-state index contributed by atoms with van der Waals surface area (Å²) in [6.45, 7) is 6.40. The Morgan fingerprint density at radius 1 is 0.765 bits per heavy atom. The van der Waals surface area contributed by atoms with Gasteiger partial charge in [0.15, 0.2) is 0 Å². The zero-order valence-corrected chi connectivity index (χ0v) is 21.7. The van der Waals surface area contributed by atoms with Crippen LogP contribution in [0.4, 0.5) is 4.79 Å². The van der Waals surface area contributed by atoms with Gasteiger partial charge in [0.1, 0.15) is 11.3 Å². The number of hydrogen-bond donors (Lipinski definition) is 1. The van der Waals surface area contributed by atoms with Crippen molar-refractivity contribution in [1.29, 1.82) is 0 Å². The summed E-state index contributed by atoms with van der Waals surface area (Å²) in [5, 5.41) is 10.3. The molecule has 1 aliphatic heterocycles. The molecule has 1 rings (SSSR count). The second kappa shape index (κ2) is 17.0. The molecule has 1 heterocycles. The molecule has 1 fully saturated rings. The van der Waals surface area contributed by atoms with Gasteiger partial charge in [-0.05, 0) is 37.3 Å². The summed E-state index contributed by atoms with van der Waals surface area (Å²) in [5.41, 5.74) is -0.234. The van der Waals surface area contributed by atoms with E-state index in [0.717, 1.165) is 41.8 Å². The molecule has 0 aromatic heterocycles. The van der Waals surface area contributed by atoms with Crippen molar-refractivity contribution in [1.82, 2.24) is 14.7 Å². The van der Waals surface area contributed by atoms with Gasteiger partial charge in [0.2, 0.25) is 0 Å². The monoisotopic (exact) mass is 475 g/mol. The second-order valence-corrected chi connectivity index (χ2v) is 9.07. The summed E-state index contributed by atoms with van der Waals surface area (Å²) in [4.78, 5) is 40.4. The number of amides is 4. The van der Waals surface area contributed by atoms with Gasteiger partial charge >= 0.3 is 6.03 Å². The molecule has 192 valence electrons. The minimum absolute atomic E-state index is 0.205. The van der Waals surface area contributed by atoms with Crippen LogP contribution in [0.5, 0.6) is 0 Å². The number of carbonyl (C=O) groups is 3. The maximum atomic E-state index is 12.3. The number of aliphatic hydroxyl groups is 1. The van der Waals surface area contributed by atoms with Crippen molar-refractivity contribution in [2.75, 3.05) is 27.2 Å². The molecule has 0 bridgehead atoms. The van der Waals surface area contributed by atoms with Crippen molar-refractivity contribution in [3.05, 3.63) is 35.8 Å². The molecule has 7 heteroatoms. The zero-order valence-electron chi connectivity index (χ0n) is 21.7. The van der Waals surface area contributed by atoms with Crippen LogP contribution in [0, 0.1) is 0 Å². The summed E-state index contributed by atoms with van der Waals surface area (Å²) in [6.07, 6.45) is 21.2. The van der Waals surface area contributed by atoms with Crippen molar-refractivity contribution < 1.29 is 19.5 Å². The van der Waals surface area contributed by atoms with Crippen LogP contribution in [0.25, 0.3) is 0 Å². The minimum Gasteiger partial charge on any atom is -0.508 e. The molecule has 0 radical (unpaired) electrons. The maximum Gasteiger partial charge on any atom is 0.333 e. The molecule has 0 spiro atoms. The average molecular weight is 476 g/mol. The van der Waals surface area contributed by atoms with E-state index in [1.54, 1.807) is 6.08 Å². The third-order valence-corrected chi connectivity index (χ3v) is 6.10. The fourth-order valence-corrected chi connectivity index (χ4v) is 3.89. The molecule has 1 N–H and O–H groups in total. The normalized spacial score (nSPS) is 15.1. The lowest BCUT2D eigenvalue weighted by atomic mass is 10.1. The van der Waals surface area contributed by atoms with Crippen LogP contribution in [0.2, 0.25) is 0 Å². The van der Waals surface area contributed by atoms with Crippen LogP contribution >= 0.6 is 0 Å². The zero-order chi connectivity index (χ0) is 25.3. The summed E-state index contributed by atoms with van der Waals surface area (Å²) in [6, 6.07) is -0.685. The molecule has 0 aliphatic carbocycles. The molecule has 0 saturated carbocycles. The van der Waals surface area contributed by atoms with E-state index in [9.17, 15) is 19.5 Å². The highest BCUT2D eigenvalue weighted by molar-refractivity contribution is 6.28. The highest BCUT2D eigenvalue weighted by Gasteiger charge is 2.37. The van der Waals surface area contributed by atoms with Crippen molar-refractivity contribution in [3.63, 3.8) is 0 Å². The van der Waals surface area contributed by atoms with E-state index in [1.807, 2.05) is 6.20 Å². The van der Waals surface area contributed by atoms with E-state index >= 15 is 0 Å². The Morgan fingerprint density at radius 3 is 1.68 bits per heavy atom. The number of barbiturate groups is 1. The fraction of sp³-hybridized carbons (Fsp3) is 0.667. The van der Waals surface area contributed by atoms with E-state index < -0.39 is 17.8 Å². The first-order valence-electron chi connectivity index (χ1n) is 13.0. The lowest BCUT2D eigenvalue weighted by Crippen LogP contribution is -2.53. The number of likely N-dealkylation sites (N-methyl/N-ethyl adjacent to an activating group) is 2. The highest BCUT2D eigenvalue weighted by atomic mass is 16.3. The fourth-order valence-electron chi connectivity index (χ4n) is 3.89. The molecular formula is C27H45N3O4. The van der Waals surface area contributed by atoms with Crippen molar-refractivity contribution >= 4 is 17.8 Å². The molecule has 0 unspecified atom stereocenters. The van der Waals surface area contributed by atoms with E-state index in [0.29, 0.717) is 0 Å². The lowest BCUT2D eigenvalue weighted by Gasteiger charge is -2.28. The number of hydrogen-bond acceptors (Lipinski definition) is 5. The number of allylic oxidation sites excluding steroid dienone is 3. The Morgan fingerprint density at radius 2 is 1.21 bits per heavy atom. The third-order valence-electron chi connectivity index (χ3n) is 6.10. The van der Waals surface area contributed by atoms with Crippen LogP contribution in [0.3, 0.4) is 0 Å². The molecule has 4 amide bonds. The molecule has 0 atom stereocenters. The van der Waals surface area contributed by atoms with Crippen molar-refractivity contribution in [3.8, 4) is 0 Å². The summed E-state index contributed by atoms with van der Waals surface area (Å²) < 4.78 is 0. The molecule has 0 aromatic carbocycles. The van der Waals surface area contributed by atoms with Gasteiger partial charge in [0.25, 0.3) is 11.8 Å². The van der Waals surface area contributed by atoms with Crippen LogP contribution in [-0.4, -0.2) is 64.8 Å². The predicted octanol–water partition coefficient (Wildman–Crippen LogP) is 5.94. The number of carbonyl (C=O) groups excluding carboxylic acids is 3. The van der Waals surface area contributed by atoms with Gasteiger partial charge < -0.3 is 10.0 Å². The van der Waals surface area contributed by atoms with Gasteiger partial charge in [-0.1, -0.05) is 78.1 Å². The Labute approximate surface area is 206 Å². The number of imide groups is 2. The van der Waals surface area contributed by atoms with Gasteiger partial charge in [-0.3, -0.25) is 19.4 Å². The second-order valence-electron chi connectivity index (χ2n) is 9.07. The van der Waals surface area contributed by atoms with E-state index in [1.165, 1.54) is 84.4 Å². The largest absolute Gasteiger partial charge is 0.508 e. The lowest BCUT2D eigenvalue weighted by molar-refractivity contribution is -0.134. The van der Waals surface area contributed by atoms with Gasteiger partial charge in [0, 0.05) is 27.2 Å². The van der Waals surface area contributed by atoms with Crippen LogP contribution in [0.1, 0.15) is 90.9 Å². The van der Waals surface area contributed by atoms with Crippen LogP contribution in [-0.2, 0) is 9.59 Å². The maximum absolute atomic E-state index is 12.3. The first-order chi connectivity index (χ1) is 16.3.